The molecule has 1 unspecified atom stereocenters. The van der Waals surface area contributed by atoms with Gasteiger partial charge < -0.3 is 14.1 Å². The van der Waals surface area contributed by atoms with Crippen LogP contribution in [0, 0.1) is 0 Å². The second kappa shape index (κ2) is 7.36. The highest BCUT2D eigenvalue weighted by atomic mass is 32.2. The number of methoxy groups -OCH3 is 1. The SMILES string of the molecule is COc1ccc2c(c1)C(=O)N(C[C@@]1(c3cc4nc(SC)ccc4o3)NS(=O)NC1=O)C2. The van der Waals surface area contributed by atoms with Crippen molar-refractivity contribution in [3.63, 3.8) is 0 Å². The first-order chi connectivity index (χ1) is 14.9. The lowest BCUT2D eigenvalue weighted by atomic mass is 9.95. The van der Waals surface area contributed by atoms with Gasteiger partial charge in [-0.25, -0.2) is 9.19 Å². The Morgan fingerprint density at radius 1 is 1.29 bits per heavy atom. The third-order valence-electron chi connectivity index (χ3n) is 5.44. The third kappa shape index (κ3) is 3.20. The van der Waals surface area contributed by atoms with Crippen LogP contribution in [0.25, 0.3) is 11.1 Å². The summed E-state index contributed by atoms with van der Waals surface area (Å²) in [5, 5.41) is 0.806. The number of ether oxygens (including phenoxy) is 1. The van der Waals surface area contributed by atoms with Crippen LogP contribution in [-0.4, -0.2) is 45.8 Å². The van der Waals surface area contributed by atoms with Crippen LogP contribution in [0.3, 0.4) is 0 Å². The van der Waals surface area contributed by atoms with Gasteiger partial charge in [-0.05, 0) is 36.1 Å². The minimum atomic E-state index is -1.81. The number of nitrogens with one attached hydrogen (secondary N) is 2. The highest BCUT2D eigenvalue weighted by Gasteiger charge is 2.53. The second-order valence-corrected chi connectivity index (χ2v) is 9.01. The molecule has 3 aromatic rings. The molecule has 2 atom stereocenters. The summed E-state index contributed by atoms with van der Waals surface area (Å²) in [7, 11) is 1.54. The summed E-state index contributed by atoms with van der Waals surface area (Å²) in [5.74, 6) is 0.0585. The molecule has 1 fully saturated rings. The summed E-state index contributed by atoms with van der Waals surface area (Å²) < 4.78 is 28.5. The van der Waals surface area contributed by atoms with E-state index in [1.165, 1.54) is 23.8 Å². The number of benzene rings is 1. The minimum Gasteiger partial charge on any atom is -0.497 e. The second-order valence-electron chi connectivity index (χ2n) is 7.24. The molecule has 2 aliphatic rings. The van der Waals surface area contributed by atoms with Gasteiger partial charge in [-0.3, -0.25) is 14.3 Å². The van der Waals surface area contributed by atoms with E-state index in [0.717, 1.165) is 10.6 Å². The maximum absolute atomic E-state index is 13.1. The van der Waals surface area contributed by atoms with Crippen molar-refractivity contribution < 1.29 is 23.0 Å². The standard InChI is InChI=1S/C20H18N4O5S2/c1-28-12-4-3-11-9-24(18(25)13(11)7-12)10-20(19(26)22-31(27)23-20)16-8-14-15(29-16)5-6-17(21-14)30-2/h3-8,23H,9-10H2,1-2H3,(H,22,26)/t20-,31?/m0/s1. The van der Waals surface area contributed by atoms with E-state index in [0.29, 0.717) is 29.0 Å². The summed E-state index contributed by atoms with van der Waals surface area (Å²) >= 11 is -0.321. The van der Waals surface area contributed by atoms with Gasteiger partial charge in [0.1, 0.15) is 17.0 Å². The molecular weight excluding hydrogens is 440 g/mol. The smallest absolute Gasteiger partial charge is 0.263 e. The molecule has 2 aromatic heterocycles. The summed E-state index contributed by atoms with van der Waals surface area (Å²) in [6, 6.07) is 10.5. The van der Waals surface area contributed by atoms with E-state index in [9.17, 15) is 13.8 Å². The predicted molar refractivity (Wildman–Crippen MR) is 115 cm³/mol. The van der Waals surface area contributed by atoms with E-state index in [-0.39, 0.29) is 18.2 Å². The van der Waals surface area contributed by atoms with E-state index < -0.39 is 22.6 Å². The zero-order valence-electron chi connectivity index (χ0n) is 16.6. The maximum atomic E-state index is 13.1. The first-order valence-electron chi connectivity index (χ1n) is 9.35. The van der Waals surface area contributed by atoms with E-state index in [4.69, 9.17) is 9.15 Å². The molecule has 5 rings (SSSR count). The van der Waals surface area contributed by atoms with Crippen LogP contribution in [0.2, 0.25) is 0 Å². The fraction of sp³-hybridized carbons (Fsp3) is 0.250. The monoisotopic (exact) mass is 458 g/mol. The Bertz CT molecular complexity index is 1260. The number of hydrogen-bond donors (Lipinski definition) is 2. The lowest BCUT2D eigenvalue weighted by Gasteiger charge is -2.28. The summed E-state index contributed by atoms with van der Waals surface area (Å²) in [6.45, 7) is 0.256. The Hall–Kier alpha value is -2.89. The van der Waals surface area contributed by atoms with Gasteiger partial charge in [0.2, 0.25) is 0 Å². The van der Waals surface area contributed by atoms with Crippen LogP contribution in [0.1, 0.15) is 21.7 Å². The minimum absolute atomic E-state index is 0.0599. The number of pyridine rings is 1. The number of rotatable bonds is 5. The summed E-state index contributed by atoms with van der Waals surface area (Å²) in [4.78, 5) is 32.1. The van der Waals surface area contributed by atoms with E-state index in [2.05, 4.69) is 14.4 Å². The molecule has 1 saturated heterocycles. The van der Waals surface area contributed by atoms with Crippen molar-refractivity contribution in [2.75, 3.05) is 19.9 Å². The summed E-state index contributed by atoms with van der Waals surface area (Å²) in [6.07, 6.45) is 1.91. The number of amides is 2. The Balaban J connectivity index is 1.54. The van der Waals surface area contributed by atoms with Crippen LogP contribution in [0.4, 0.5) is 0 Å². The Labute approximate surface area is 184 Å². The molecule has 1 aromatic carbocycles. The number of carbonyl (C=O) groups excluding carboxylic acids is 2. The quantitative estimate of drug-likeness (QED) is 0.560. The molecule has 0 aliphatic carbocycles. The van der Waals surface area contributed by atoms with E-state index >= 15 is 0 Å². The molecule has 4 heterocycles. The largest absolute Gasteiger partial charge is 0.497 e. The molecule has 9 nitrogen and oxygen atoms in total. The number of nitrogens with zero attached hydrogens (tertiary/aromatic N) is 2. The van der Waals surface area contributed by atoms with Crippen LogP contribution in [0.5, 0.6) is 5.75 Å². The Morgan fingerprint density at radius 2 is 2.13 bits per heavy atom. The van der Waals surface area contributed by atoms with Gasteiger partial charge >= 0.3 is 0 Å². The normalized spacial score (nSPS) is 22.8. The molecule has 160 valence electrons. The Morgan fingerprint density at radius 3 is 2.84 bits per heavy atom. The van der Waals surface area contributed by atoms with Crippen molar-refractivity contribution in [1.29, 1.82) is 0 Å². The molecule has 11 heteroatoms. The molecule has 0 saturated carbocycles. The molecular formula is C20H18N4O5S2. The topological polar surface area (TPSA) is 114 Å². The average molecular weight is 459 g/mol. The molecule has 0 bridgehead atoms. The van der Waals surface area contributed by atoms with Gasteiger partial charge in [-0.15, -0.1) is 11.8 Å². The van der Waals surface area contributed by atoms with Crippen molar-refractivity contribution in [1.82, 2.24) is 19.3 Å². The highest BCUT2D eigenvalue weighted by molar-refractivity contribution is 7.98. The molecule has 2 aliphatic heterocycles. The zero-order chi connectivity index (χ0) is 21.8. The van der Waals surface area contributed by atoms with Crippen LogP contribution < -0.4 is 14.2 Å². The van der Waals surface area contributed by atoms with Gasteiger partial charge in [-0.1, -0.05) is 6.07 Å². The van der Waals surface area contributed by atoms with Crippen molar-refractivity contribution in [3.8, 4) is 5.75 Å². The van der Waals surface area contributed by atoms with Crippen molar-refractivity contribution in [2.45, 2.75) is 17.1 Å². The van der Waals surface area contributed by atoms with Crippen LogP contribution >= 0.6 is 11.8 Å². The highest BCUT2D eigenvalue weighted by Crippen LogP contribution is 2.35. The number of hydrogen-bond acceptors (Lipinski definition) is 7. The van der Waals surface area contributed by atoms with E-state index in [1.807, 2.05) is 18.4 Å². The van der Waals surface area contributed by atoms with Gasteiger partial charge in [0, 0.05) is 18.2 Å². The average Bonchev–Trinajstić information content (AvgIpc) is 3.41. The van der Waals surface area contributed by atoms with Crippen molar-refractivity contribution >= 4 is 45.8 Å². The third-order valence-corrected chi connectivity index (χ3v) is 6.99. The lowest BCUT2D eigenvalue weighted by Crippen LogP contribution is -2.52. The van der Waals surface area contributed by atoms with Crippen molar-refractivity contribution in [3.05, 3.63) is 53.3 Å². The number of carbonyl (C=O) groups is 2. The maximum Gasteiger partial charge on any atom is 0.263 e. The first-order valence-corrected chi connectivity index (χ1v) is 11.7. The first kappa shape index (κ1) is 20.0. The Kier molecular flexibility index (Phi) is 4.76. The molecule has 2 amide bonds. The fourth-order valence-corrected chi connectivity index (χ4v) is 5.22. The number of fused-ring (bicyclic) bond motifs is 2. The lowest BCUT2D eigenvalue weighted by molar-refractivity contribution is -0.125. The van der Waals surface area contributed by atoms with Crippen LogP contribution in [-0.2, 0) is 28.0 Å². The van der Waals surface area contributed by atoms with Gasteiger partial charge in [0.15, 0.2) is 22.3 Å². The van der Waals surface area contributed by atoms with Gasteiger partial charge in [-0.2, -0.15) is 4.72 Å². The number of aromatic nitrogens is 1. The predicted octanol–water partition coefficient (Wildman–Crippen LogP) is 1.71. The number of thioether (sulfide) groups is 1. The molecule has 31 heavy (non-hydrogen) atoms. The zero-order valence-corrected chi connectivity index (χ0v) is 18.3. The summed E-state index contributed by atoms with van der Waals surface area (Å²) in [5.41, 5.74) is 0.920. The molecule has 0 radical (unpaired) electrons. The van der Waals surface area contributed by atoms with E-state index in [1.54, 1.807) is 24.3 Å². The fourth-order valence-electron chi connectivity index (χ4n) is 3.86. The number of furan rings is 1. The van der Waals surface area contributed by atoms with Gasteiger partial charge in [0.25, 0.3) is 11.8 Å². The molecule has 0 spiro atoms. The molecule has 2 N–H and O–H groups in total. The van der Waals surface area contributed by atoms with Crippen molar-refractivity contribution in [2.24, 2.45) is 0 Å². The van der Waals surface area contributed by atoms with Crippen LogP contribution in [0.15, 0.2) is 45.8 Å². The van der Waals surface area contributed by atoms with Gasteiger partial charge in [0.05, 0.1) is 18.7 Å².